The second-order valence-corrected chi connectivity index (χ2v) is 7.28. The third-order valence-electron chi connectivity index (χ3n) is 3.19. The van der Waals surface area contributed by atoms with Crippen molar-refractivity contribution in [2.45, 2.75) is 12.5 Å². The van der Waals surface area contributed by atoms with Crippen molar-refractivity contribution < 1.29 is 0 Å². The number of hydrogen-bond donors (Lipinski definition) is 1. The summed E-state index contributed by atoms with van der Waals surface area (Å²) < 4.78 is 4.23. The molecule has 1 aromatic carbocycles. The Bertz CT molecular complexity index is 686. The molecule has 0 radical (unpaired) electrons. The highest BCUT2D eigenvalue weighted by molar-refractivity contribution is 9.11. The Kier molecular flexibility index (Phi) is 4.26. The van der Waals surface area contributed by atoms with Crippen LogP contribution in [-0.4, -0.2) is 16.4 Å². The van der Waals surface area contributed by atoms with E-state index in [2.05, 4.69) is 64.9 Å². The van der Waals surface area contributed by atoms with Gasteiger partial charge in [-0.2, -0.15) is 0 Å². The van der Waals surface area contributed by atoms with Crippen LogP contribution in [0.2, 0.25) is 0 Å². The van der Waals surface area contributed by atoms with Gasteiger partial charge in [0.25, 0.3) is 0 Å². The van der Waals surface area contributed by atoms with Crippen molar-refractivity contribution in [2.24, 2.45) is 0 Å². The molecule has 0 aliphatic heterocycles. The van der Waals surface area contributed by atoms with Crippen LogP contribution in [0.15, 0.2) is 44.9 Å². The number of thiazole rings is 1. The Balaban J connectivity index is 1.87. The van der Waals surface area contributed by atoms with E-state index in [1.807, 2.05) is 24.7 Å². The average molecular weight is 415 g/mol. The minimum atomic E-state index is 0.244. The zero-order valence-corrected chi connectivity index (χ0v) is 14.8. The quantitative estimate of drug-likeness (QED) is 0.684. The predicted molar refractivity (Wildman–Crippen MR) is 90.4 cm³/mol. The van der Waals surface area contributed by atoms with Crippen molar-refractivity contribution in [3.8, 4) is 0 Å². The standard InChI is InChI=1S/C14H13Br2N3S/c1-17-13(9-4-10(15)6-11(16)5-9)7-12-8-19-2-3-20-14(19)18-12/h2-6,8,13,17H,7H2,1H3. The van der Waals surface area contributed by atoms with Crippen LogP contribution in [0.5, 0.6) is 0 Å². The van der Waals surface area contributed by atoms with Gasteiger partial charge in [0.05, 0.1) is 5.69 Å². The molecule has 0 spiro atoms. The molecular formula is C14H13Br2N3S. The number of nitrogens with zero attached hydrogens (tertiary/aromatic N) is 2. The summed E-state index contributed by atoms with van der Waals surface area (Å²) in [5.41, 5.74) is 2.34. The third-order valence-corrected chi connectivity index (χ3v) is 4.88. The average Bonchev–Trinajstić information content (AvgIpc) is 2.95. The number of nitrogens with one attached hydrogen (secondary N) is 1. The zero-order chi connectivity index (χ0) is 14.1. The number of imidazole rings is 1. The monoisotopic (exact) mass is 413 g/mol. The van der Waals surface area contributed by atoms with E-state index in [9.17, 15) is 0 Å². The topological polar surface area (TPSA) is 29.3 Å². The summed E-state index contributed by atoms with van der Waals surface area (Å²) in [5.74, 6) is 0. The molecule has 0 saturated carbocycles. The molecule has 3 aromatic rings. The van der Waals surface area contributed by atoms with Crippen molar-refractivity contribution in [2.75, 3.05) is 7.05 Å². The van der Waals surface area contributed by atoms with E-state index in [1.54, 1.807) is 11.3 Å². The summed E-state index contributed by atoms with van der Waals surface area (Å²) in [4.78, 5) is 5.70. The minimum absolute atomic E-state index is 0.244. The molecule has 1 N–H and O–H groups in total. The van der Waals surface area contributed by atoms with Crippen LogP contribution in [0.3, 0.4) is 0 Å². The lowest BCUT2D eigenvalue weighted by Crippen LogP contribution is -2.19. The van der Waals surface area contributed by atoms with Gasteiger partial charge in [-0.3, -0.25) is 4.40 Å². The number of rotatable bonds is 4. The van der Waals surface area contributed by atoms with Gasteiger partial charge in [0.15, 0.2) is 4.96 Å². The highest BCUT2D eigenvalue weighted by atomic mass is 79.9. The number of fused-ring (bicyclic) bond motifs is 1. The van der Waals surface area contributed by atoms with Crippen LogP contribution in [0.4, 0.5) is 0 Å². The largest absolute Gasteiger partial charge is 0.313 e. The normalized spacial score (nSPS) is 12.9. The van der Waals surface area contributed by atoms with E-state index in [0.29, 0.717) is 0 Å². The lowest BCUT2D eigenvalue weighted by atomic mass is 10.0. The Labute approximate surface area is 138 Å². The highest BCUT2D eigenvalue weighted by Gasteiger charge is 2.14. The molecule has 3 nitrogen and oxygen atoms in total. The number of halogens is 2. The number of benzene rings is 1. The maximum atomic E-state index is 4.65. The Morgan fingerprint density at radius 1 is 1.30 bits per heavy atom. The van der Waals surface area contributed by atoms with Crippen LogP contribution in [0.1, 0.15) is 17.3 Å². The molecule has 6 heteroatoms. The van der Waals surface area contributed by atoms with E-state index >= 15 is 0 Å². The van der Waals surface area contributed by atoms with Crippen LogP contribution < -0.4 is 5.32 Å². The predicted octanol–water partition coefficient (Wildman–Crippen LogP) is 4.42. The Hall–Kier alpha value is -0.690. The van der Waals surface area contributed by atoms with Crippen molar-refractivity contribution >= 4 is 48.2 Å². The molecule has 1 unspecified atom stereocenters. The first kappa shape index (κ1) is 14.3. The number of hydrogen-bond acceptors (Lipinski definition) is 3. The molecule has 20 heavy (non-hydrogen) atoms. The fourth-order valence-corrected chi connectivity index (χ4v) is 4.29. The van der Waals surface area contributed by atoms with Gasteiger partial charge in [-0.25, -0.2) is 4.98 Å². The minimum Gasteiger partial charge on any atom is -0.313 e. The molecule has 2 aromatic heterocycles. The van der Waals surface area contributed by atoms with Gasteiger partial charge >= 0.3 is 0 Å². The van der Waals surface area contributed by atoms with E-state index in [4.69, 9.17) is 0 Å². The molecular weight excluding hydrogens is 402 g/mol. The molecule has 104 valence electrons. The van der Waals surface area contributed by atoms with Crippen molar-refractivity contribution in [1.29, 1.82) is 0 Å². The zero-order valence-electron chi connectivity index (χ0n) is 10.8. The van der Waals surface area contributed by atoms with E-state index < -0.39 is 0 Å². The molecule has 0 aliphatic rings. The van der Waals surface area contributed by atoms with E-state index in [-0.39, 0.29) is 6.04 Å². The third kappa shape index (κ3) is 2.98. The SMILES string of the molecule is CNC(Cc1cn2ccsc2n1)c1cc(Br)cc(Br)c1. The smallest absolute Gasteiger partial charge is 0.193 e. The summed E-state index contributed by atoms with van der Waals surface area (Å²) in [7, 11) is 1.98. The fraction of sp³-hybridized carbons (Fsp3) is 0.214. The van der Waals surface area contributed by atoms with Crippen molar-refractivity contribution in [3.05, 3.63) is 56.2 Å². The first-order valence-corrected chi connectivity index (χ1v) is 8.66. The second-order valence-electron chi connectivity index (χ2n) is 4.57. The fourth-order valence-electron chi connectivity index (χ4n) is 2.25. The lowest BCUT2D eigenvalue weighted by Gasteiger charge is -2.16. The highest BCUT2D eigenvalue weighted by Crippen LogP contribution is 2.26. The Morgan fingerprint density at radius 2 is 2.05 bits per heavy atom. The first-order chi connectivity index (χ1) is 9.65. The van der Waals surface area contributed by atoms with Gasteiger partial charge in [-0.1, -0.05) is 31.9 Å². The summed E-state index contributed by atoms with van der Waals surface area (Å²) in [6, 6.07) is 6.57. The summed E-state index contributed by atoms with van der Waals surface area (Å²) in [6.07, 6.45) is 5.01. The second kappa shape index (κ2) is 5.97. The molecule has 3 rings (SSSR count). The molecule has 0 fully saturated rings. The van der Waals surface area contributed by atoms with Crippen LogP contribution in [-0.2, 0) is 6.42 Å². The van der Waals surface area contributed by atoms with Gasteiger partial charge in [-0.15, -0.1) is 11.3 Å². The van der Waals surface area contributed by atoms with E-state index in [1.165, 1.54) is 5.56 Å². The maximum absolute atomic E-state index is 4.65. The summed E-state index contributed by atoms with van der Waals surface area (Å²) in [6.45, 7) is 0. The first-order valence-electron chi connectivity index (χ1n) is 6.20. The molecule has 2 heterocycles. The van der Waals surface area contributed by atoms with E-state index in [0.717, 1.165) is 26.0 Å². The lowest BCUT2D eigenvalue weighted by molar-refractivity contribution is 0.585. The van der Waals surface area contributed by atoms with Crippen LogP contribution in [0, 0.1) is 0 Å². The summed E-state index contributed by atoms with van der Waals surface area (Å²) >= 11 is 8.74. The summed E-state index contributed by atoms with van der Waals surface area (Å²) in [5, 5.41) is 5.42. The van der Waals surface area contributed by atoms with Gasteiger partial charge in [0.2, 0.25) is 0 Å². The number of likely N-dealkylation sites (N-methyl/N-ethyl adjacent to an activating group) is 1. The molecule has 0 saturated heterocycles. The van der Waals surface area contributed by atoms with Crippen LogP contribution >= 0.6 is 43.2 Å². The van der Waals surface area contributed by atoms with Gasteiger partial charge in [0.1, 0.15) is 0 Å². The van der Waals surface area contributed by atoms with Gasteiger partial charge < -0.3 is 5.32 Å². The van der Waals surface area contributed by atoms with Crippen molar-refractivity contribution in [1.82, 2.24) is 14.7 Å². The van der Waals surface area contributed by atoms with Gasteiger partial charge in [0, 0.05) is 39.2 Å². The Morgan fingerprint density at radius 3 is 2.70 bits per heavy atom. The molecule has 0 bridgehead atoms. The molecule has 1 atom stereocenters. The number of aromatic nitrogens is 2. The van der Waals surface area contributed by atoms with Crippen LogP contribution in [0.25, 0.3) is 4.96 Å². The van der Waals surface area contributed by atoms with Crippen molar-refractivity contribution in [3.63, 3.8) is 0 Å². The van der Waals surface area contributed by atoms with Gasteiger partial charge in [-0.05, 0) is 30.8 Å². The molecule has 0 aliphatic carbocycles. The maximum Gasteiger partial charge on any atom is 0.193 e. The molecule has 0 amide bonds.